The molecule has 2 saturated heterocycles. The molecular weight excluding hydrogens is 344 g/mol. The third-order valence-corrected chi connectivity index (χ3v) is 5.46. The van der Waals surface area contributed by atoms with E-state index >= 15 is 0 Å². The minimum atomic E-state index is 0.194. The second kappa shape index (κ2) is 8.93. The van der Waals surface area contributed by atoms with Gasteiger partial charge >= 0.3 is 0 Å². The molecule has 0 aromatic heterocycles. The summed E-state index contributed by atoms with van der Waals surface area (Å²) in [7, 11) is 3.23. The fourth-order valence-corrected chi connectivity index (χ4v) is 4.35. The summed E-state index contributed by atoms with van der Waals surface area (Å²) in [6.45, 7) is 7.92. The highest BCUT2D eigenvalue weighted by Gasteiger charge is 2.32. The minimum Gasteiger partial charge on any atom is -0.493 e. The number of rotatable bonds is 6. The van der Waals surface area contributed by atoms with Gasteiger partial charge in [0, 0.05) is 32.2 Å². The number of ether oxygens (including phenoxy) is 3. The van der Waals surface area contributed by atoms with E-state index in [0.29, 0.717) is 24.0 Å². The number of likely N-dealkylation sites (tertiary alicyclic amines) is 1. The van der Waals surface area contributed by atoms with Crippen molar-refractivity contribution in [3.8, 4) is 11.5 Å². The van der Waals surface area contributed by atoms with Gasteiger partial charge in [0.1, 0.15) is 0 Å². The monoisotopic (exact) mass is 376 g/mol. The Hall–Kier alpha value is -1.79. The van der Waals surface area contributed by atoms with E-state index in [1.807, 2.05) is 18.2 Å². The number of benzene rings is 1. The van der Waals surface area contributed by atoms with Gasteiger partial charge < -0.3 is 19.1 Å². The highest BCUT2D eigenvalue weighted by Crippen LogP contribution is 2.28. The quantitative estimate of drug-likeness (QED) is 0.763. The van der Waals surface area contributed by atoms with Crippen molar-refractivity contribution in [2.75, 3.05) is 40.4 Å². The summed E-state index contributed by atoms with van der Waals surface area (Å²) >= 11 is 0. The molecule has 0 spiro atoms. The van der Waals surface area contributed by atoms with Crippen molar-refractivity contribution in [3.05, 3.63) is 23.8 Å². The molecule has 0 radical (unpaired) electrons. The first-order chi connectivity index (χ1) is 13.0. The lowest BCUT2D eigenvalue weighted by atomic mass is 10.1. The fourth-order valence-electron chi connectivity index (χ4n) is 4.35. The Morgan fingerprint density at radius 3 is 2.52 bits per heavy atom. The molecule has 1 aromatic rings. The van der Waals surface area contributed by atoms with Crippen LogP contribution in [0.1, 0.15) is 32.3 Å². The molecule has 2 aliphatic rings. The van der Waals surface area contributed by atoms with Gasteiger partial charge in [-0.2, -0.15) is 0 Å². The van der Waals surface area contributed by atoms with Gasteiger partial charge in [0.15, 0.2) is 11.5 Å². The van der Waals surface area contributed by atoms with Crippen molar-refractivity contribution in [2.24, 2.45) is 0 Å². The number of carbonyl (C=O) groups is 1. The van der Waals surface area contributed by atoms with Crippen molar-refractivity contribution in [3.63, 3.8) is 0 Å². The molecule has 0 aliphatic carbocycles. The Kier molecular flexibility index (Phi) is 6.60. The molecule has 1 aromatic carbocycles. The molecule has 0 bridgehead atoms. The Bertz CT molecular complexity index is 641. The molecular formula is C21H32N2O4. The molecule has 3 atom stereocenters. The van der Waals surface area contributed by atoms with Crippen LogP contribution in [0.4, 0.5) is 0 Å². The van der Waals surface area contributed by atoms with Crippen LogP contribution in [-0.2, 0) is 16.0 Å². The number of morpholine rings is 1. The van der Waals surface area contributed by atoms with E-state index in [1.54, 1.807) is 14.2 Å². The summed E-state index contributed by atoms with van der Waals surface area (Å²) < 4.78 is 16.5. The van der Waals surface area contributed by atoms with Gasteiger partial charge in [0.05, 0.1) is 32.8 Å². The summed E-state index contributed by atoms with van der Waals surface area (Å²) in [5, 5.41) is 0. The maximum Gasteiger partial charge on any atom is 0.227 e. The Labute approximate surface area is 162 Å². The lowest BCUT2D eigenvalue weighted by molar-refractivity contribution is -0.132. The molecule has 6 heteroatoms. The van der Waals surface area contributed by atoms with Gasteiger partial charge in [0.2, 0.25) is 5.91 Å². The highest BCUT2D eigenvalue weighted by molar-refractivity contribution is 5.79. The molecule has 2 fully saturated rings. The maximum absolute atomic E-state index is 13.0. The van der Waals surface area contributed by atoms with Crippen molar-refractivity contribution >= 4 is 5.91 Å². The lowest BCUT2D eigenvalue weighted by Gasteiger charge is -2.38. The lowest BCUT2D eigenvalue weighted by Crippen LogP contribution is -2.51. The number of carbonyl (C=O) groups excluding carboxylic acids is 1. The highest BCUT2D eigenvalue weighted by atomic mass is 16.5. The van der Waals surface area contributed by atoms with Gasteiger partial charge in [-0.25, -0.2) is 0 Å². The summed E-state index contributed by atoms with van der Waals surface area (Å²) in [5.74, 6) is 1.54. The molecule has 0 N–H and O–H groups in total. The first-order valence-electron chi connectivity index (χ1n) is 9.88. The summed E-state index contributed by atoms with van der Waals surface area (Å²) in [4.78, 5) is 17.5. The van der Waals surface area contributed by atoms with Crippen LogP contribution in [-0.4, -0.2) is 74.4 Å². The van der Waals surface area contributed by atoms with Crippen molar-refractivity contribution in [2.45, 2.75) is 51.4 Å². The standard InChI is InChI=1S/C21H32N2O4/c1-15-12-22(13-16(2)27-15)14-18-6-5-9-23(18)21(24)11-17-7-8-19(25-3)20(10-17)26-4/h7-8,10,15-16,18H,5-6,9,11-14H2,1-4H3/t15-,16+,18-/m1/s1. The third-order valence-electron chi connectivity index (χ3n) is 5.46. The van der Waals surface area contributed by atoms with E-state index in [4.69, 9.17) is 14.2 Å². The van der Waals surface area contributed by atoms with Crippen molar-refractivity contribution in [1.82, 2.24) is 9.80 Å². The largest absolute Gasteiger partial charge is 0.493 e. The zero-order valence-electron chi connectivity index (χ0n) is 16.9. The van der Waals surface area contributed by atoms with Crippen LogP contribution in [0.2, 0.25) is 0 Å². The number of nitrogens with zero attached hydrogens (tertiary/aromatic N) is 2. The average molecular weight is 376 g/mol. The fraction of sp³-hybridized carbons (Fsp3) is 0.667. The molecule has 27 heavy (non-hydrogen) atoms. The second-order valence-electron chi connectivity index (χ2n) is 7.73. The van der Waals surface area contributed by atoms with Crippen LogP contribution in [0.3, 0.4) is 0 Å². The van der Waals surface area contributed by atoms with Crippen LogP contribution in [0.25, 0.3) is 0 Å². The molecule has 150 valence electrons. The zero-order valence-corrected chi connectivity index (χ0v) is 16.9. The van der Waals surface area contributed by atoms with Crippen LogP contribution in [0.5, 0.6) is 11.5 Å². The number of amides is 1. The molecule has 6 nitrogen and oxygen atoms in total. The molecule has 0 saturated carbocycles. The molecule has 0 unspecified atom stereocenters. The number of hydrogen-bond acceptors (Lipinski definition) is 5. The van der Waals surface area contributed by atoms with Gasteiger partial charge in [-0.3, -0.25) is 9.69 Å². The Morgan fingerprint density at radius 2 is 1.85 bits per heavy atom. The van der Waals surface area contributed by atoms with Gasteiger partial charge in [0.25, 0.3) is 0 Å². The molecule has 1 amide bonds. The van der Waals surface area contributed by atoms with Crippen LogP contribution >= 0.6 is 0 Å². The third kappa shape index (κ3) is 4.93. The predicted molar refractivity (Wildman–Crippen MR) is 104 cm³/mol. The van der Waals surface area contributed by atoms with E-state index in [2.05, 4.69) is 23.6 Å². The molecule has 2 aliphatic heterocycles. The van der Waals surface area contributed by atoms with Crippen molar-refractivity contribution in [1.29, 1.82) is 0 Å². The summed E-state index contributed by atoms with van der Waals surface area (Å²) in [6, 6.07) is 6.00. The number of methoxy groups -OCH3 is 2. The van der Waals surface area contributed by atoms with E-state index in [1.165, 1.54) is 0 Å². The van der Waals surface area contributed by atoms with Gasteiger partial charge in [-0.05, 0) is 44.4 Å². The van der Waals surface area contributed by atoms with Crippen LogP contribution in [0.15, 0.2) is 18.2 Å². The first kappa shape index (κ1) is 20.0. The van der Waals surface area contributed by atoms with Gasteiger partial charge in [-0.15, -0.1) is 0 Å². The Morgan fingerprint density at radius 1 is 1.15 bits per heavy atom. The van der Waals surface area contributed by atoms with Crippen LogP contribution in [0, 0.1) is 0 Å². The van der Waals surface area contributed by atoms with E-state index < -0.39 is 0 Å². The number of hydrogen-bond donors (Lipinski definition) is 0. The predicted octanol–water partition coefficient (Wildman–Crippen LogP) is 2.35. The second-order valence-corrected chi connectivity index (χ2v) is 7.73. The smallest absolute Gasteiger partial charge is 0.227 e. The van der Waals surface area contributed by atoms with Gasteiger partial charge in [-0.1, -0.05) is 6.07 Å². The molecule has 3 rings (SSSR count). The first-order valence-corrected chi connectivity index (χ1v) is 9.88. The Balaban J connectivity index is 1.62. The van der Waals surface area contributed by atoms with E-state index in [-0.39, 0.29) is 18.1 Å². The molecule has 2 heterocycles. The minimum absolute atomic E-state index is 0.194. The summed E-state index contributed by atoms with van der Waals surface area (Å²) in [6.07, 6.45) is 3.07. The van der Waals surface area contributed by atoms with E-state index in [0.717, 1.165) is 44.6 Å². The zero-order chi connectivity index (χ0) is 19.4. The van der Waals surface area contributed by atoms with E-state index in [9.17, 15) is 4.79 Å². The SMILES string of the molecule is COc1ccc(CC(=O)N2CCC[C@@H]2CN2C[C@@H](C)O[C@@H](C)C2)cc1OC. The van der Waals surface area contributed by atoms with Crippen LogP contribution < -0.4 is 9.47 Å². The normalized spacial score (nSPS) is 26.2. The average Bonchev–Trinajstić information content (AvgIpc) is 3.08. The summed E-state index contributed by atoms with van der Waals surface area (Å²) in [5.41, 5.74) is 0.955. The maximum atomic E-state index is 13.0. The topological polar surface area (TPSA) is 51.2 Å². The van der Waals surface area contributed by atoms with Crippen molar-refractivity contribution < 1.29 is 19.0 Å².